The van der Waals surface area contributed by atoms with Crippen LogP contribution in [-0.4, -0.2) is 36.2 Å². The van der Waals surface area contributed by atoms with Gasteiger partial charge >= 0.3 is 18.2 Å². The van der Waals surface area contributed by atoms with Crippen molar-refractivity contribution in [2.24, 2.45) is 0 Å². The van der Waals surface area contributed by atoms with Crippen LogP contribution < -0.4 is 15.4 Å². The Morgan fingerprint density at radius 1 is 1.03 bits per heavy atom. The van der Waals surface area contributed by atoms with Crippen molar-refractivity contribution in [2.75, 3.05) is 18.4 Å². The Labute approximate surface area is 198 Å². The fourth-order valence-electron chi connectivity index (χ4n) is 3.90. The summed E-state index contributed by atoms with van der Waals surface area (Å²) in [4.78, 5) is 27.0. The summed E-state index contributed by atoms with van der Waals surface area (Å²) in [6.45, 7) is 1.81. The van der Waals surface area contributed by atoms with Gasteiger partial charge in [0.05, 0.1) is 6.04 Å². The molecule has 1 aliphatic rings. The molecule has 1 aliphatic heterocycles. The predicted octanol–water partition coefficient (Wildman–Crippen LogP) is 4.50. The van der Waals surface area contributed by atoms with Gasteiger partial charge in [0.2, 0.25) is 0 Å². The van der Waals surface area contributed by atoms with Crippen LogP contribution in [0.15, 0.2) is 65.4 Å². The first-order valence-corrected chi connectivity index (χ1v) is 11.5. The molecule has 1 atom stereocenters. The van der Waals surface area contributed by atoms with Gasteiger partial charge < -0.3 is 15.4 Å². The molecule has 178 valence electrons. The Morgan fingerprint density at radius 2 is 1.76 bits per heavy atom. The topological polar surface area (TPSA) is 70.7 Å². The first-order valence-electron chi connectivity index (χ1n) is 10.6. The number of anilines is 1. The van der Waals surface area contributed by atoms with Gasteiger partial charge in [-0.3, -0.25) is 14.5 Å². The third-order valence-corrected chi connectivity index (χ3v) is 6.24. The number of amides is 2. The van der Waals surface area contributed by atoms with Crippen molar-refractivity contribution >= 4 is 28.8 Å². The van der Waals surface area contributed by atoms with Gasteiger partial charge in [-0.1, -0.05) is 24.3 Å². The number of hydrogen-bond acceptors (Lipinski definition) is 5. The molecular weight excluding hydrogens is 467 g/mol. The smallest absolute Gasteiger partial charge is 0.406 e. The summed E-state index contributed by atoms with van der Waals surface area (Å²) in [6, 6.07) is 14.7. The quantitative estimate of drug-likeness (QED) is 0.501. The lowest BCUT2D eigenvalue weighted by Crippen LogP contribution is -2.43. The maximum absolute atomic E-state index is 12.4. The van der Waals surface area contributed by atoms with E-state index in [4.69, 9.17) is 0 Å². The first-order chi connectivity index (χ1) is 16.3. The predicted molar refractivity (Wildman–Crippen MR) is 122 cm³/mol. The summed E-state index contributed by atoms with van der Waals surface area (Å²) in [5, 5.41) is 9.08. The van der Waals surface area contributed by atoms with Crippen LogP contribution in [-0.2, 0) is 22.6 Å². The summed E-state index contributed by atoms with van der Waals surface area (Å²) >= 11 is 1.57. The normalized spacial score (nSPS) is 14.7. The van der Waals surface area contributed by atoms with Crippen LogP contribution in [0.1, 0.15) is 22.7 Å². The number of thiophene rings is 1. The average molecular weight is 490 g/mol. The van der Waals surface area contributed by atoms with Crippen LogP contribution >= 0.6 is 11.3 Å². The molecule has 2 heterocycles. The average Bonchev–Trinajstić information content (AvgIpc) is 3.34. The van der Waals surface area contributed by atoms with Gasteiger partial charge in [-0.2, -0.15) is 11.3 Å². The minimum atomic E-state index is -4.81. The molecule has 0 fully saturated rings. The van der Waals surface area contributed by atoms with Gasteiger partial charge in [-0.25, -0.2) is 0 Å². The van der Waals surface area contributed by atoms with Crippen molar-refractivity contribution in [3.8, 4) is 5.75 Å². The Kier molecular flexibility index (Phi) is 7.18. The van der Waals surface area contributed by atoms with Crippen LogP contribution in [0.25, 0.3) is 0 Å². The lowest BCUT2D eigenvalue weighted by atomic mass is 9.97. The molecule has 1 unspecified atom stereocenters. The molecule has 0 spiro atoms. The van der Waals surface area contributed by atoms with Crippen molar-refractivity contribution in [1.29, 1.82) is 0 Å². The number of alkyl halides is 3. The highest BCUT2D eigenvalue weighted by Gasteiger charge is 2.31. The van der Waals surface area contributed by atoms with E-state index in [-0.39, 0.29) is 18.3 Å². The second-order valence-electron chi connectivity index (χ2n) is 7.80. The molecule has 10 heteroatoms. The van der Waals surface area contributed by atoms with E-state index in [9.17, 15) is 22.8 Å². The molecule has 2 aromatic carbocycles. The fraction of sp³-hybridized carbons (Fsp3) is 0.250. The Balaban J connectivity index is 1.36. The van der Waals surface area contributed by atoms with E-state index in [1.807, 2.05) is 29.0 Å². The molecule has 1 aromatic heterocycles. The lowest BCUT2D eigenvalue weighted by molar-refractivity contribution is -0.274. The Bertz CT molecular complexity index is 1130. The SMILES string of the molecule is O=C(NCC(c1ccsc1)N1CCc2ccccc2C1)C(=O)Nc1ccc(OC(F)(F)F)cc1. The number of ether oxygens (including phenoxy) is 1. The minimum Gasteiger partial charge on any atom is -0.406 e. The number of hydrogen-bond donors (Lipinski definition) is 2. The number of nitrogens with zero attached hydrogens (tertiary/aromatic N) is 1. The fourth-order valence-corrected chi connectivity index (χ4v) is 4.61. The molecule has 2 N–H and O–H groups in total. The summed E-state index contributed by atoms with van der Waals surface area (Å²) in [6.07, 6.45) is -3.90. The van der Waals surface area contributed by atoms with Crippen molar-refractivity contribution in [1.82, 2.24) is 10.2 Å². The van der Waals surface area contributed by atoms with E-state index >= 15 is 0 Å². The molecule has 6 nitrogen and oxygen atoms in total. The zero-order chi connectivity index (χ0) is 24.1. The summed E-state index contributed by atoms with van der Waals surface area (Å²) in [7, 11) is 0. The molecule has 0 bridgehead atoms. The summed E-state index contributed by atoms with van der Waals surface area (Å²) in [5.74, 6) is -2.15. The third kappa shape index (κ3) is 6.15. The number of nitrogens with one attached hydrogen (secondary N) is 2. The van der Waals surface area contributed by atoms with Crippen LogP contribution in [0.2, 0.25) is 0 Å². The minimum absolute atomic E-state index is 0.102. The highest BCUT2D eigenvalue weighted by atomic mass is 32.1. The van der Waals surface area contributed by atoms with Gasteiger partial charge in [-0.15, -0.1) is 13.2 Å². The second-order valence-corrected chi connectivity index (χ2v) is 8.58. The second kappa shape index (κ2) is 10.3. The summed E-state index contributed by atoms with van der Waals surface area (Å²) < 4.78 is 40.6. The monoisotopic (exact) mass is 489 g/mol. The van der Waals surface area contributed by atoms with Crippen molar-refractivity contribution in [3.05, 3.63) is 82.0 Å². The first kappa shape index (κ1) is 23.8. The molecule has 3 aromatic rings. The number of carbonyl (C=O) groups excluding carboxylic acids is 2. The highest BCUT2D eigenvalue weighted by Crippen LogP contribution is 2.29. The van der Waals surface area contributed by atoms with Crippen LogP contribution in [0.3, 0.4) is 0 Å². The van der Waals surface area contributed by atoms with E-state index < -0.39 is 23.9 Å². The standard InChI is InChI=1S/C24H22F3N3O3S/c25-24(26,27)33-20-7-5-19(6-8-20)29-23(32)22(31)28-13-21(18-10-12-34-15-18)30-11-9-16-3-1-2-4-17(16)14-30/h1-8,10,12,15,21H,9,11,13-14H2,(H,28,31)(H,29,32). The largest absolute Gasteiger partial charge is 0.573 e. The lowest BCUT2D eigenvalue weighted by Gasteiger charge is -2.35. The molecule has 0 aliphatic carbocycles. The van der Waals surface area contributed by atoms with Gasteiger partial charge in [0, 0.05) is 25.3 Å². The van der Waals surface area contributed by atoms with Gasteiger partial charge in [0.1, 0.15) is 5.75 Å². The number of benzene rings is 2. The van der Waals surface area contributed by atoms with Crippen molar-refractivity contribution in [2.45, 2.75) is 25.4 Å². The van der Waals surface area contributed by atoms with Crippen LogP contribution in [0.4, 0.5) is 18.9 Å². The van der Waals surface area contributed by atoms with E-state index in [1.54, 1.807) is 11.3 Å². The van der Waals surface area contributed by atoms with Crippen LogP contribution in [0, 0.1) is 0 Å². The third-order valence-electron chi connectivity index (χ3n) is 5.54. The van der Waals surface area contributed by atoms with E-state index in [0.717, 1.165) is 37.2 Å². The number of carbonyl (C=O) groups is 2. The molecule has 0 radical (unpaired) electrons. The maximum Gasteiger partial charge on any atom is 0.573 e. The Morgan fingerprint density at radius 3 is 2.44 bits per heavy atom. The molecule has 0 saturated heterocycles. The number of rotatable bonds is 6. The molecule has 4 rings (SSSR count). The van der Waals surface area contributed by atoms with Crippen molar-refractivity contribution < 1.29 is 27.5 Å². The molecular formula is C24H22F3N3O3S. The zero-order valence-electron chi connectivity index (χ0n) is 18.0. The zero-order valence-corrected chi connectivity index (χ0v) is 18.8. The molecule has 0 saturated carbocycles. The van der Waals surface area contributed by atoms with E-state index in [0.29, 0.717) is 0 Å². The van der Waals surface area contributed by atoms with Gasteiger partial charge in [0.25, 0.3) is 0 Å². The maximum atomic E-state index is 12.4. The number of halogens is 3. The van der Waals surface area contributed by atoms with Gasteiger partial charge in [0.15, 0.2) is 0 Å². The van der Waals surface area contributed by atoms with E-state index in [1.165, 1.54) is 23.3 Å². The highest BCUT2D eigenvalue weighted by molar-refractivity contribution is 7.08. The van der Waals surface area contributed by atoms with Crippen LogP contribution in [0.5, 0.6) is 5.75 Å². The summed E-state index contributed by atoms with van der Waals surface area (Å²) in [5.41, 5.74) is 3.80. The number of fused-ring (bicyclic) bond motifs is 1. The van der Waals surface area contributed by atoms with E-state index in [2.05, 4.69) is 32.4 Å². The van der Waals surface area contributed by atoms with Crippen molar-refractivity contribution in [3.63, 3.8) is 0 Å². The Hall–Kier alpha value is -3.37. The van der Waals surface area contributed by atoms with Gasteiger partial charge in [-0.05, 0) is 64.2 Å². The molecule has 34 heavy (non-hydrogen) atoms. The molecule has 2 amide bonds.